The highest BCUT2D eigenvalue weighted by Gasteiger charge is 2.15. The second-order valence-corrected chi connectivity index (χ2v) is 4.85. The molecule has 0 radical (unpaired) electrons. The Hall–Kier alpha value is -1.62. The third-order valence-corrected chi connectivity index (χ3v) is 3.43. The molecule has 0 bridgehead atoms. The Kier molecular flexibility index (Phi) is 3.81. The highest BCUT2D eigenvalue weighted by Crippen LogP contribution is 2.31. The van der Waals surface area contributed by atoms with E-state index in [0.717, 1.165) is 5.56 Å². The van der Waals surface area contributed by atoms with E-state index in [-0.39, 0.29) is 11.6 Å². The molecule has 0 amide bonds. The Morgan fingerprint density at radius 2 is 2.06 bits per heavy atom. The van der Waals surface area contributed by atoms with Crippen LogP contribution in [0.4, 0.5) is 20.2 Å². The lowest BCUT2D eigenvalue weighted by molar-refractivity contribution is 0.152. The van der Waals surface area contributed by atoms with Crippen molar-refractivity contribution in [3.8, 4) is 0 Å². The Labute approximate surface area is 108 Å². The predicted octanol–water partition coefficient (Wildman–Crippen LogP) is 4.44. The number of nitrogens with one attached hydrogen (secondary N) is 1. The zero-order chi connectivity index (χ0) is 13.1. The van der Waals surface area contributed by atoms with Crippen LogP contribution in [0.15, 0.2) is 35.0 Å². The number of nitrogen functional groups attached to an aromatic ring is 1. The molecule has 5 heteroatoms. The molecule has 0 saturated carbocycles. The first kappa shape index (κ1) is 12.8. The minimum absolute atomic E-state index is 0.0163. The van der Waals surface area contributed by atoms with Crippen molar-refractivity contribution in [3.05, 3.63) is 46.2 Å². The van der Waals surface area contributed by atoms with Gasteiger partial charge in [-0.2, -0.15) is 11.3 Å². The molecule has 96 valence electrons. The number of alkyl halides is 2. The molecule has 2 nitrogen and oxygen atoms in total. The summed E-state index contributed by atoms with van der Waals surface area (Å²) < 4.78 is 25.8. The third-order valence-electron chi connectivity index (χ3n) is 2.73. The maximum Gasteiger partial charge on any atom is 0.265 e. The Balaban J connectivity index is 2.23. The summed E-state index contributed by atoms with van der Waals surface area (Å²) in [5, 5.41) is 7.05. The van der Waals surface area contributed by atoms with E-state index in [4.69, 9.17) is 5.73 Å². The molecule has 1 aromatic heterocycles. The van der Waals surface area contributed by atoms with E-state index < -0.39 is 6.43 Å². The normalized spacial score (nSPS) is 12.7. The molecule has 1 heterocycles. The summed E-state index contributed by atoms with van der Waals surface area (Å²) in [6.45, 7) is 1.94. The number of nitrogens with two attached hydrogens (primary N) is 1. The van der Waals surface area contributed by atoms with E-state index in [0.29, 0.717) is 11.4 Å². The lowest BCUT2D eigenvalue weighted by Crippen LogP contribution is -2.08. The minimum atomic E-state index is -2.54. The van der Waals surface area contributed by atoms with E-state index in [1.54, 1.807) is 23.5 Å². The van der Waals surface area contributed by atoms with Gasteiger partial charge in [0.2, 0.25) is 0 Å². The molecule has 1 atom stereocenters. The van der Waals surface area contributed by atoms with Gasteiger partial charge < -0.3 is 11.1 Å². The van der Waals surface area contributed by atoms with Crippen LogP contribution < -0.4 is 11.1 Å². The zero-order valence-corrected chi connectivity index (χ0v) is 10.7. The van der Waals surface area contributed by atoms with Gasteiger partial charge in [-0.1, -0.05) is 0 Å². The monoisotopic (exact) mass is 268 g/mol. The van der Waals surface area contributed by atoms with E-state index in [1.165, 1.54) is 6.07 Å². The quantitative estimate of drug-likeness (QED) is 0.804. The zero-order valence-electron chi connectivity index (χ0n) is 9.86. The average Bonchev–Trinajstić information content (AvgIpc) is 2.84. The van der Waals surface area contributed by atoms with Gasteiger partial charge in [-0.05, 0) is 47.5 Å². The van der Waals surface area contributed by atoms with Crippen molar-refractivity contribution in [1.82, 2.24) is 0 Å². The fourth-order valence-corrected chi connectivity index (χ4v) is 2.49. The summed E-state index contributed by atoms with van der Waals surface area (Å²) in [6, 6.07) is 6.49. The number of hydrogen-bond acceptors (Lipinski definition) is 3. The highest BCUT2D eigenvalue weighted by molar-refractivity contribution is 7.07. The van der Waals surface area contributed by atoms with Crippen molar-refractivity contribution in [2.75, 3.05) is 11.1 Å². The van der Waals surface area contributed by atoms with Crippen LogP contribution in [-0.2, 0) is 0 Å². The van der Waals surface area contributed by atoms with Gasteiger partial charge in [0.25, 0.3) is 6.43 Å². The Morgan fingerprint density at radius 1 is 1.28 bits per heavy atom. The smallest absolute Gasteiger partial charge is 0.265 e. The second kappa shape index (κ2) is 5.35. The summed E-state index contributed by atoms with van der Waals surface area (Å²) in [5.41, 5.74) is 7.33. The number of rotatable bonds is 4. The molecule has 0 aliphatic rings. The van der Waals surface area contributed by atoms with Crippen molar-refractivity contribution in [3.63, 3.8) is 0 Å². The number of anilines is 2. The highest BCUT2D eigenvalue weighted by atomic mass is 32.1. The summed E-state index contributed by atoms with van der Waals surface area (Å²) in [7, 11) is 0. The number of hydrogen-bond donors (Lipinski definition) is 2. The fraction of sp³-hybridized carbons (Fsp3) is 0.231. The maximum absolute atomic E-state index is 12.9. The predicted molar refractivity (Wildman–Crippen MR) is 72.2 cm³/mol. The van der Waals surface area contributed by atoms with Crippen molar-refractivity contribution < 1.29 is 8.78 Å². The number of thiophene rings is 1. The van der Waals surface area contributed by atoms with E-state index in [9.17, 15) is 8.78 Å². The maximum atomic E-state index is 12.9. The fourth-order valence-electron chi connectivity index (χ4n) is 1.73. The average molecular weight is 268 g/mol. The molecule has 0 aliphatic carbocycles. The lowest BCUT2D eigenvalue weighted by Gasteiger charge is -2.17. The van der Waals surface area contributed by atoms with Crippen LogP contribution in [0.25, 0.3) is 0 Å². The first-order valence-electron chi connectivity index (χ1n) is 5.54. The summed E-state index contributed by atoms with van der Waals surface area (Å²) >= 11 is 1.58. The van der Waals surface area contributed by atoms with Gasteiger partial charge in [0.05, 0.1) is 0 Å². The largest absolute Gasteiger partial charge is 0.399 e. The van der Waals surface area contributed by atoms with Crippen LogP contribution in [0, 0.1) is 0 Å². The van der Waals surface area contributed by atoms with Crippen molar-refractivity contribution in [1.29, 1.82) is 0 Å². The summed E-state index contributed by atoms with van der Waals surface area (Å²) in [6.07, 6.45) is -2.54. The number of benzene rings is 1. The number of halogens is 2. The van der Waals surface area contributed by atoms with Crippen molar-refractivity contribution in [2.45, 2.75) is 19.4 Å². The van der Waals surface area contributed by atoms with E-state index >= 15 is 0 Å². The van der Waals surface area contributed by atoms with Gasteiger partial charge in [-0.3, -0.25) is 0 Å². The second-order valence-electron chi connectivity index (χ2n) is 4.07. The molecular weight excluding hydrogens is 254 g/mol. The van der Waals surface area contributed by atoms with Gasteiger partial charge in [0.15, 0.2) is 0 Å². The van der Waals surface area contributed by atoms with Crippen LogP contribution >= 0.6 is 11.3 Å². The van der Waals surface area contributed by atoms with Gasteiger partial charge >= 0.3 is 0 Å². The van der Waals surface area contributed by atoms with Crippen molar-refractivity contribution in [2.24, 2.45) is 0 Å². The van der Waals surface area contributed by atoms with Gasteiger partial charge in [-0.15, -0.1) is 0 Å². The molecule has 1 unspecified atom stereocenters. The van der Waals surface area contributed by atoms with E-state index in [2.05, 4.69) is 5.32 Å². The van der Waals surface area contributed by atoms with Gasteiger partial charge in [0, 0.05) is 23.0 Å². The van der Waals surface area contributed by atoms with Gasteiger partial charge in [0.1, 0.15) is 0 Å². The Bertz CT molecular complexity index is 512. The van der Waals surface area contributed by atoms with Crippen LogP contribution in [0.5, 0.6) is 0 Å². The molecule has 0 aliphatic heterocycles. The molecule has 0 saturated heterocycles. The molecule has 2 aromatic rings. The van der Waals surface area contributed by atoms with Crippen LogP contribution in [0.2, 0.25) is 0 Å². The van der Waals surface area contributed by atoms with Gasteiger partial charge in [-0.25, -0.2) is 8.78 Å². The van der Waals surface area contributed by atoms with Crippen LogP contribution in [-0.4, -0.2) is 0 Å². The standard InChI is InChI=1S/C13H14F2N2S/c1-8(9-4-5-18-7-9)17-12-3-2-10(16)6-11(12)13(14)15/h2-8,13,17H,16H2,1H3. The molecule has 18 heavy (non-hydrogen) atoms. The molecule has 1 aromatic carbocycles. The summed E-state index contributed by atoms with van der Waals surface area (Å²) in [4.78, 5) is 0. The molecule has 0 fully saturated rings. The Morgan fingerprint density at radius 3 is 2.67 bits per heavy atom. The van der Waals surface area contributed by atoms with E-state index in [1.807, 2.05) is 23.8 Å². The van der Waals surface area contributed by atoms with Crippen molar-refractivity contribution >= 4 is 22.7 Å². The topological polar surface area (TPSA) is 38.0 Å². The molecular formula is C13H14F2N2S. The van der Waals surface area contributed by atoms with Crippen LogP contribution in [0.3, 0.4) is 0 Å². The summed E-state index contributed by atoms with van der Waals surface area (Å²) in [5.74, 6) is 0. The minimum Gasteiger partial charge on any atom is -0.399 e. The first-order valence-corrected chi connectivity index (χ1v) is 6.48. The molecule has 0 spiro atoms. The molecule has 2 rings (SSSR count). The lowest BCUT2D eigenvalue weighted by atomic mass is 10.1. The first-order chi connectivity index (χ1) is 8.58. The van der Waals surface area contributed by atoms with Crippen LogP contribution in [0.1, 0.15) is 30.5 Å². The third kappa shape index (κ3) is 2.79. The molecule has 3 N–H and O–H groups in total. The SMILES string of the molecule is CC(Nc1ccc(N)cc1C(F)F)c1ccsc1.